The number of hydrogen-bond donors (Lipinski definition) is 2. The third kappa shape index (κ3) is 3.90. The van der Waals surface area contributed by atoms with E-state index in [1.54, 1.807) is 6.07 Å². The van der Waals surface area contributed by atoms with Crippen molar-refractivity contribution >= 4 is 46.3 Å². The first-order valence-electron chi connectivity index (χ1n) is 11.2. The van der Waals surface area contributed by atoms with E-state index in [2.05, 4.69) is 10.3 Å². The fraction of sp³-hybridized carbons (Fsp3) is 0.360. The zero-order valence-corrected chi connectivity index (χ0v) is 20.1. The lowest BCUT2D eigenvalue weighted by Gasteiger charge is -2.40. The molecule has 1 amide bonds. The van der Waals surface area contributed by atoms with Crippen LogP contribution in [0.4, 0.5) is 5.69 Å². The molecule has 33 heavy (non-hydrogen) atoms. The molecule has 2 aliphatic carbocycles. The summed E-state index contributed by atoms with van der Waals surface area (Å²) < 4.78 is 6.07. The average molecular weight is 499 g/mol. The molecule has 5 nitrogen and oxygen atoms in total. The lowest BCUT2D eigenvalue weighted by atomic mass is 9.74. The van der Waals surface area contributed by atoms with Gasteiger partial charge in [0.25, 0.3) is 5.91 Å². The highest BCUT2D eigenvalue weighted by Crippen LogP contribution is 2.64. The van der Waals surface area contributed by atoms with Crippen LogP contribution in [0.25, 0.3) is 0 Å². The number of carbonyl (C=O) groups is 1. The number of benzene rings is 2. The van der Waals surface area contributed by atoms with Crippen LogP contribution in [0.15, 0.2) is 58.4 Å². The van der Waals surface area contributed by atoms with Crippen molar-refractivity contribution in [3.63, 3.8) is 0 Å². The summed E-state index contributed by atoms with van der Waals surface area (Å²) in [6.45, 7) is -0.0959. The number of halogens is 1. The van der Waals surface area contributed by atoms with E-state index in [9.17, 15) is 9.59 Å². The number of fused-ring (bicyclic) bond motifs is 6. The van der Waals surface area contributed by atoms with Crippen LogP contribution in [-0.2, 0) is 4.79 Å². The molecule has 1 aliphatic heterocycles. The van der Waals surface area contributed by atoms with E-state index in [1.807, 2.05) is 54.2 Å². The lowest BCUT2D eigenvalue weighted by Crippen LogP contribution is -2.34. The number of aromatic nitrogens is 1. The van der Waals surface area contributed by atoms with Gasteiger partial charge in [0.15, 0.2) is 6.61 Å². The van der Waals surface area contributed by atoms with Gasteiger partial charge in [-0.05, 0) is 67.3 Å². The summed E-state index contributed by atoms with van der Waals surface area (Å²) in [4.78, 5) is 29.0. The van der Waals surface area contributed by atoms with E-state index < -0.39 is 0 Å². The van der Waals surface area contributed by atoms with Crippen molar-refractivity contribution in [1.82, 2.24) is 4.98 Å². The first-order chi connectivity index (χ1) is 16.1. The van der Waals surface area contributed by atoms with Gasteiger partial charge in [-0.3, -0.25) is 9.59 Å². The molecule has 170 valence electrons. The minimum Gasteiger partial charge on any atom is -0.483 e. The van der Waals surface area contributed by atoms with Gasteiger partial charge in [-0.15, -0.1) is 11.8 Å². The second kappa shape index (κ2) is 8.53. The first-order valence-corrected chi connectivity index (χ1v) is 13.3. The third-order valence-corrected chi connectivity index (χ3v) is 10.0. The summed E-state index contributed by atoms with van der Waals surface area (Å²) in [7, 11) is 0. The van der Waals surface area contributed by atoms with Gasteiger partial charge in [0, 0.05) is 32.3 Å². The van der Waals surface area contributed by atoms with Crippen LogP contribution in [0, 0.1) is 17.8 Å². The maximum atomic E-state index is 12.5. The maximum absolute atomic E-state index is 12.5. The van der Waals surface area contributed by atoms with E-state index in [1.165, 1.54) is 30.6 Å². The number of aromatic amines is 1. The van der Waals surface area contributed by atoms with Gasteiger partial charge in [-0.25, -0.2) is 0 Å². The van der Waals surface area contributed by atoms with Crippen molar-refractivity contribution in [3.8, 4) is 5.75 Å². The topological polar surface area (TPSA) is 71.2 Å². The largest absolute Gasteiger partial charge is 0.483 e. The number of hydrogen-bond acceptors (Lipinski definition) is 5. The minimum atomic E-state index is -0.217. The second-order valence-electron chi connectivity index (χ2n) is 9.06. The molecule has 2 saturated carbocycles. The highest BCUT2D eigenvalue weighted by Gasteiger charge is 2.55. The Kier molecular flexibility index (Phi) is 5.51. The van der Waals surface area contributed by atoms with Gasteiger partial charge < -0.3 is 15.0 Å². The molecule has 8 heteroatoms. The number of amides is 1. The van der Waals surface area contributed by atoms with Crippen LogP contribution < -0.4 is 14.9 Å². The van der Waals surface area contributed by atoms with Gasteiger partial charge in [-0.1, -0.05) is 41.1 Å². The molecule has 2 fully saturated rings. The number of anilines is 1. The zero-order valence-electron chi connectivity index (χ0n) is 17.8. The number of nitrogens with one attached hydrogen (secondary N) is 2. The van der Waals surface area contributed by atoms with E-state index >= 15 is 0 Å². The van der Waals surface area contributed by atoms with Gasteiger partial charge in [-0.2, -0.15) is 0 Å². The second-order valence-corrected chi connectivity index (χ2v) is 11.7. The Hall–Kier alpha value is -2.22. The minimum absolute atomic E-state index is 0.0171. The molecule has 6 rings (SSSR count). The molecule has 5 atom stereocenters. The molecule has 2 aromatic carbocycles. The normalized spacial score (nSPS) is 27.1. The maximum Gasteiger partial charge on any atom is 0.305 e. The van der Waals surface area contributed by atoms with Crippen molar-refractivity contribution in [3.05, 3.63) is 73.7 Å². The molecule has 0 radical (unpaired) electrons. The fourth-order valence-corrected chi connectivity index (χ4v) is 9.02. The highest BCUT2D eigenvalue weighted by atomic mass is 35.5. The van der Waals surface area contributed by atoms with Crippen LogP contribution in [0.5, 0.6) is 5.75 Å². The Morgan fingerprint density at radius 2 is 1.97 bits per heavy atom. The van der Waals surface area contributed by atoms with Crippen LogP contribution in [0.1, 0.15) is 35.6 Å². The fourth-order valence-electron chi connectivity index (χ4n) is 5.95. The predicted molar refractivity (Wildman–Crippen MR) is 133 cm³/mol. The molecule has 1 aromatic heterocycles. The van der Waals surface area contributed by atoms with Crippen LogP contribution >= 0.6 is 34.7 Å². The monoisotopic (exact) mass is 498 g/mol. The summed E-state index contributed by atoms with van der Waals surface area (Å²) in [5.74, 6) is 2.29. The molecule has 2 N–H and O–H groups in total. The number of ether oxygens (including phenoxy) is 1. The van der Waals surface area contributed by atoms with Gasteiger partial charge in [0.1, 0.15) is 5.75 Å². The average Bonchev–Trinajstić information content (AvgIpc) is 3.51. The Bertz CT molecular complexity index is 1260. The van der Waals surface area contributed by atoms with Crippen molar-refractivity contribution < 1.29 is 9.53 Å². The Labute approximate surface area is 204 Å². The number of para-hydroxylation sites is 1. The standard InChI is InChI=1S/C25H23ClN2O3S2/c26-15-8-9-18(31-12-19(29)27-16-4-2-1-3-5-16)17(11-15)21-20-13-6-7-14(10-13)22(20)32-24-23(21)33-25(30)28-24/h1-5,8-9,11,13-14,20-22H,6-7,10,12H2,(H,27,29)(H,28,30)/t13?,14?,20?,21-,22?/m1/s1. The summed E-state index contributed by atoms with van der Waals surface area (Å²) in [5.41, 5.74) is 1.72. The van der Waals surface area contributed by atoms with E-state index in [0.717, 1.165) is 21.2 Å². The SMILES string of the molecule is O=C(COc1ccc(Cl)cc1[C@H]1c2sc(=O)[nH]c2SC2C3CCC(C3)C21)Nc1ccccc1. The molecule has 3 aromatic rings. The summed E-state index contributed by atoms with van der Waals surface area (Å²) >= 11 is 9.61. The van der Waals surface area contributed by atoms with Crippen LogP contribution in [0.3, 0.4) is 0 Å². The number of carbonyl (C=O) groups excluding carboxylic acids is 1. The van der Waals surface area contributed by atoms with E-state index in [-0.39, 0.29) is 23.3 Å². The molecule has 0 saturated heterocycles. The summed E-state index contributed by atoms with van der Waals surface area (Å²) in [5, 5.41) is 4.99. The van der Waals surface area contributed by atoms with E-state index in [0.29, 0.717) is 33.8 Å². The number of thiazole rings is 1. The molecule has 3 aliphatic rings. The van der Waals surface area contributed by atoms with Crippen molar-refractivity contribution in [2.24, 2.45) is 17.8 Å². The Morgan fingerprint density at radius 3 is 2.82 bits per heavy atom. The summed E-state index contributed by atoms with van der Waals surface area (Å²) in [6.07, 6.45) is 3.77. The van der Waals surface area contributed by atoms with Crippen molar-refractivity contribution in [2.45, 2.75) is 35.5 Å². The Morgan fingerprint density at radius 1 is 1.15 bits per heavy atom. The molecular formula is C25H23ClN2O3S2. The molecule has 4 unspecified atom stereocenters. The van der Waals surface area contributed by atoms with Crippen molar-refractivity contribution in [1.29, 1.82) is 0 Å². The third-order valence-electron chi connectivity index (χ3n) is 7.19. The molecular weight excluding hydrogens is 476 g/mol. The van der Waals surface area contributed by atoms with E-state index in [4.69, 9.17) is 16.3 Å². The van der Waals surface area contributed by atoms with Gasteiger partial charge in [0.2, 0.25) is 0 Å². The number of H-pyrrole nitrogens is 1. The smallest absolute Gasteiger partial charge is 0.305 e. The Balaban J connectivity index is 1.33. The molecule has 2 heterocycles. The van der Waals surface area contributed by atoms with Crippen LogP contribution in [-0.4, -0.2) is 22.7 Å². The van der Waals surface area contributed by atoms with Gasteiger partial charge >= 0.3 is 4.87 Å². The first kappa shape index (κ1) is 21.3. The van der Waals surface area contributed by atoms with Gasteiger partial charge in [0.05, 0.1) is 5.03 Å². The number of thioether (sulfide) groups is 1. The predicted octanol–water partition coefficient (Wildman–Crippen LogP) is 5.76. The zero-order chi connectivity index (χ0) is 22.5. The quantitative estimate of drug-likeness (QED) is 0.469. The molecule has 2 bridgehead atoms. The van der Waals surface area contributed by atoms with Crippen molar-refractivity contribution in [2.75, 3.05) is 11.9 Å². The summed E-state index contributed by atoms with van der Waals surface area (Å²) in [6, 6.07) is 15.0. The molecule has 0 spiro atoms. The highest BCUT2D eigenvalue weighted by molar-refractivity contribution is 8.00. The van der Waals surface area contributed by atoms with Crippen LogP contribution in [0.2, 0.25) is 5.02 Å². The number of rotatable bonds is 5. The lowest BCUT2D eigenvalue weighted by molar-refractivity contribution is -0.118.